The Kier molecular flexibility index (Phi) is 5.60. The zero-order valence-corrected chi connectivity index (χ0v) is 15.7. The maximum Gasteiger partial charge on any atom is 0.410 e. The van der Waals surface area contributed by atoms with Crippen LogP contribution in [-0.4, -0.2) is 41.3 Å². The quantitative estimate of drug-likeness (QED) is 0.907. The molecule has 1 aromatic carbocycles. The maximum absolute atomic E-state index is 12.3. The lowest BCUT2D eigenvalue weighted by Crippen LogP contribution is -2.52. The summed E-state index contributed by atoms with van der Waals surface area (Å²) in [6.45, 7) is 10.5. The summed E-state index contributed by atoms with van der Waals surface area (Å²) in [5, 5.41) is 2.91. The lowest BCUT2D eigenvalue weighted by molar-refractivity contribution is 0.0445. The van der Waals surface area contributed by atoms with E-state index in [0.29, 0.717) is 13.1 Å². The molecule has 1 fully saturated rings. The number of rotatable bonds is 3. The van der Waals surface area contributed by atoms with Crippen LogP contribution in [-0.2, 0) is 16.1 Å². The molecule has 0 aromatic heterocycles. The number of ether oxygens (including phenoxy) is 2. The number of alkyl carbamates (subject to hydrolysis) is 1. The van der Waals surface area contributed by atoms with Gasteiger partial charge in [0.05, 0.1) is 5.54 Å². The van der Waals surface area contributed by atoms with E-state index in [9.17, 15) is 9.59 Å². The van der Waals surface area contributed by atoms with Gasteiger partial charge in [0.1, 0.15) is 12.2 Å². The molecule has 0 radical (unpaired) electrons. The van der Waals surface area contributed by atoms with E-state index in [4.69, 9.17) is 9.47 Å². The fourth-order valence-corrected chi connectivity index (χ4v) is 2.80. The van der Waals surface area contributed by atoms with Crippen molar-refractivity contribution >= 4 is 12.2 Å². The molecule has 2 atom stereocenters. The first-order chi connectivity index (χ1) is 11.6. The van der Waals surface area contributed by atoms with Gasteiger partial charge in [-0.25, -0.2) is 9.59 Å². The zero-order valence-electron chi connectivity index (χ0n) is 15.7. The molecule has 1 aliphatic heterocycles. The smallest absolute Gasteiger partial charge is 0.410 e. The van der Waals surface area contributed by atoms with Crippen molar-refractivity contribution in [1.82, 2.24) is 10.2 Å². The lowest BCUT2D eigenvalue weighted by atomic mass is 9.91. The van der Waals surface area contributed by atoms with Gasteiger partial charge in [-0.15, -0.1) is 0 Å². The van der Waals surface area contributed by atoms with E-state index in [-0.39, 0.29) is 18.6 Å². The summed E-state index contributed by atoms with van der Waals surface area (Å²) in [5.74, 6) is 0.0873. The molecular formula is C19H28N2O4. The van der Waals surface area contributed by atoms with Crippen molar-refractivity contribution in [2.24, 2.45) is 5.92 Å². The van der Waals surface area contributed by atoms with Gasteiger partial charge in [-0.05, 0) is 39.2 Å². The number of amides is 2. The van der Waals surface area contributed by atoms with Crippen LogP contribution in [0.25, 0.3) is 0 Å². The van der Waals surface area contributed by atoms with Gasteiger partial charge in [-0.1, -0.05) is 37.3 Å². The second kappa shape index (κ2) is 7.33. The molecule has 1 aliphatic rings. The number of carbonyl (C=O) groups excluding carboxylic acids is 2. The first kappa shape index (κ1) is 19.1. The van der Waals surface area contributed by atoms with Crippen LogP contribution in [0.1, 0.15) is 40.2 Å². The molecule has 25 heavy (non-hydrogen) atoms. The SMILES string of the molecule is C[C@@H]1CN(C(=O)OCc2ccccc2)C[C@@]1(C)NC(=O)OC(C)(C)C. The van der Waals surface area contributed by atoms with Crippen LogP contribution in [0.4, 0.5) is 9.59 Å². The minimum absolute atomic E-state index is 0.0873. The van der Waals surface area contributed by atoms with Gasteiger partial charge in [0.15, 0.2) is 0 Å². The predicted octanol–water partition coefficient (Wildman–Crippen LogP) is 3.56. The fraction of sp³-hybridized carbons (Fsp3) is 0.579. The maximum atomic E-state index is 12.3. The number of hydrogen-bond donors (Lipinski definition) is 1. The zero-order chi connectivity index (χ0) is 18.7. The standard InChI is InChI=1S/C19H28N2O4/c1-14-11-21(17(23)24-12-15-9-7-6-8-10-15)13-19(14,5)20-16(22)25-18(2,3)4/h6-10,14H,11-13H2,1-5H3,(H,20,22)/t14-,19-/m1/s1. The molecule has 0 spiro atoms. The van der Waals surface area contributed by atoms with Crippen molar-refractivity contribution in [1.29, 1.82) is 0 Å². The molecule has 138 valence electrons. The van der Waals surface area contributed by atoms with Crippen molar-refractivity contribution in [3.63, 3.8) is 0 Å². The van der Waals surface area contributed by atoms with E-state index in [2.05, 4.69) is 5.32 Å². The first-order valence-electron chi connectivity index (χ1n) is 8.56. The Hall–Kier alpha value is -2.24. The summed E-state index contributed by atoms with van der Waals surface area (Å²) in [5.41, 5.74) is -0.164. The normalized spacial score (nSPS) is 23.2. The van der Waals surface area contributed by atoms with Crippen LogP contribution in [0.3, 0.4) is 0 Å². The van der Waals surface area contributed by atoms with E-state index in [0.717, 1.165) is 5.56 Å². The highest BCUT2D eigenvalue weighted by atomic mass is 16.6. The Morgan fingerprint density at radius 1 is 1.28 bits per heavy atom. The third kappa shape index (κ3) is 5.37. The minimum atomic E-state index is -0.559. The molecule has 0 bridgehead atoms. The van der Waals surface area contributed by atoms with Gasteiger partial charge in [-0.3, -0.25) is 0 Å². The third-order valence-electron chi connectivity index (χ3n) is 4.35. The molecule has 2 rings (SSSR count). The van der Waals surface area contributed by atoms with E-state index in [1.165, 1.54) is 0 Å². The summed E-state index contributed by atoms with van der Waals surface area (Å²) < 4.78 is 10.7. The van der Waals surface area contributed by atoms with E-state index in [1.807, 2.05) is 65.0 Å². The van der Waals surface area contributed by atoms with E-state index in [1.54, 1.807) is 4.90 Å². The average molecular weight is 348 g/mol. The molecule has 0 unspecified atom stereocenters. The Bertz CT molecular complexity index is 612. The number of nitrogens with one attached hydrogen (secondary N) is 1. The highest BCUT2D eigenvalue weighted by Gasteiger charge is 2.44. The van der Waals surface area contributed by atoms with Crippen molar-refractivity contribution in [3.8, 4) is 0 Å². The van der Waals surface area contributed by atoms with E-state index >= 15 is 0 Å². The highest BCUT2D eigenvalue weighted by Crippen LogP contribution is 2.28. The van der Waals surface area contributed by atoms with Crippen LogP contribution in [0.5, 0.6) is 0 Å². The van der Waals surface area contributed by atoms with Gasteiger partial charge >= 0.3 is 12.2 Å². The molecule has 0 saturated carbocycles. The minimum Gasteiger partial charge on any atom is -0.445 e. The van der Waals surface area contributed by atoms with Crippen LogP contribution in [0.15, 0.2) is 30.3 Å². The van der Waals surface area contributed by atoms with Gasteiger partial charge in [-0.2, -0.15) is 0 Å². The van der Waals surface area contributed by atoms with Crippen LogP contribution in [0.2, 0.25) is 0 Å². The van der Waals surface area contributed by atoms with Gasteiger partial charge in [0, 0.05) is 13.1 Å². The van der Waals surface area contributed by atoms with Crippen LogP contribution in [0, 0.1) is 5.92 Å². The lowest BCUT2D eigenvalue weighted by Gasteiger charge is -2.31. The Balaban J connectivity index is 1.90. The molecule has 2 amide bonds. The number of carbonyl (C=O) groups is 2. The van der Waals surface area contributed by atoms with Gasteiger partial charge < -0.3 is 19.7 Å². The van der Waals surface area contributed by atoms with Crippen molar-refractivity contribution in [2.75, 3.05) is 13.1 Å². The summed E-state index contributed by atoms with van der Waals surface area (Å²) in [6, 6.07) is 9.55. The van der Waals surface area contributed by atoms with Crippen LogP contribution >= 0.6 is 0 Å². The van der Waals surface area contributed by atoms with Crippen molar-refractivity contribution < 1.29 is 19.1 Å². The highest BCUT2D eigenvalue weighted by molar-refractivity contribution is 5.71. The molecule has 6 heteroatoms. The molecular weight excluding hydrogens is 320 g/mol. The second-order valence-electron chi connectivity index (χ2n) is 7.87. The van der Waals surface area contributed by atoms with E-state index < -0.39 is 17.2 Å². The molecule has 1 aromatic rings. The first-order valence-corrected chi connectivity index (χ1v) is 8.56. The number of hydrogen-bond acceptors (Lipinski definition) is 4. The molecule has 1 saturated heterocycles. The Morgan fingerprint density at radius 2 is 1.92 bits per heavy atom. The predicted molar refractivity (Wildman–Crippen MR) is 95.1 cm³/mol. The van der Waals surface area contributed by atoms with Crippen LogP contribution < -0.4 is 5.32 Å². The van der Waals surface area contributed by atoms with Gasteiger partial charge in [0.2, 0.25) is 0 Å². The fourth-order valence-electron chi connectivity index (χ4n) is 2.80. The number of likely N-dealkylation sites (tertiary alicyclic amines) is 1. The Morgan fingerprint density at radius 3 is 2.52 bits per heavy atom. The second-order valence-corrected chi connectivity index (χ2v) is 7.87. The summed E-state index contributed by atoms with van der Waals surface area (Å²) in [6.07, 6.45) is -0.841. The topological polar surface area (TPSA) is 67.9 Å². The largest absolute Gasteiger partial charge is 0.445 e. The molecule has 1 N–H and O–H groups in total. The monoisotopic (exact) mass is 348 g/mol. The molecule has 6 nitrogen and oxygen atoms in total. The van der Waals surface area contributed by atoms with Crippen molar-refractivity contribution in [2.45, 2.75) is 52.4 Å². The summed E-state index contributed by atoms with van der Waals surface area (Å²) in [4.78, 5) is 26.0. The van der Waals surface area contributed by atoms with Crippen molar-refractivity contribution in [3.05, 3.63) is 35.9 Å². The van der Waals surface area contributed by atoms with Gasteiger partial charge in [0.25, 0.3) is 0 Å². The summed E-state index contributed by atoms with van der Waals surface area (Å²) in [7, 11) is 0. The number of nitrogens with zero attached hydrogens (tertiary/aromatic N) is 1. The third-order valence-corrected chi connectivity index (χ3v) is 4.35. The average Bonchev–Trinajstić information content (AvgIpc) is 2.79. The summed E-state index contributed by atoms with van der Waals surface area (Å²) >= 11 is 0. The number of benzene rings is 1. The molecule has 1 heterocycles. The molecule has 0 aliphatic carbocycles. The Labute approximate surface area is 149 Å².